The van der Waals surface area contributed by atoms with Gasteiger partial charge in [-0.25, -0.2) is 4.79 Å². The second kappa shape index (κ2) is 9.05. The summed E-state index contributed by atoms with van der Waals surface area (Å²) in [5.74, 6) is -0.477. The first kappa shape index (κ1) is 20.3. The molecule has 0 saturated heterocycles. The molecule has 0 saturated carbocycles. The monoisotopic (exact) mass is 371 g/mol. The Hall–Kier alpha value is -3.06. The molecule has 0 fully saturated rings. The number of aliphatic carboxylic acids is 1. The minimum atomic E-state index is -1.06. The molecule has 0 aliphatic rings. The number of carboxylic acid groups (broad SMARTS) is 1. The smallest absolute Gasteiger partial charge is 0.330 e. The maximum absolute atomic E-state index is 12.0. The van der Waals surface area contributed by atoms with Crippen LogP contribution in [0.3, 0.4) is 0 Å². The maximum atomic E-state index is 12.0. The van der Waals surface area contributed by atoms with Gasteiger partial charge in [-0.3, -0.25) is 5.41 Å². The predicted molar refractivity (Wildman–Crippen MR) is 105 cm³/mol. The molecule has 0 aliphatic carbocycles. The molecule has 0 radical (unpaired) electrons. The van der Waals surface area contributed by atoms with Gasteiger partial charge in [0.15, 0.2) is 6.04 Å². The Kier molecular flexibility index (Phi) is 6.79. The number of nitrogen functional groups attached to an aromatic ring is 1. The van der Waals surface area contributed by atoms with Gasteiger partial charge in [0, 0.05) is 16.8 Å². The molecular formula is C20H25N3O4. The van der Waals surface area contributed by atoms with E-state index < -0.39 is 12.0 Å². The number of aliphatic hydroxyl groups is 1. The molecule has 6 N–H and O–H groups in total. The molecule has 0 heterocycles. The van der Waals surface area contributed by atoms with Crippen molar-refractivity contribution in [1.29, 1.82) is 5.41 Å². The summed E-state index contributed by atoms with van der Waals surface area (Å²) in [7, 11) is 0. The molecule has 2 aromatic carbocycles. The van der Waals surface area contributed by atoms with Crippen LogP contribution in [0.2, 0.25) is 0 Å². The second-order valence-electron chi connectivity index (χ2n) is 6.43. The van der Waals surface area contributed by atoms with Crippen molar-refractivity contribution in [2.45, 2.75) is 25.8 Å². The van der Waals surface area contributed by atoms with Crippen LogP contribution in [-0.2, 0) is 4.79 Å². The van der Waals surface area contributed by atoms with Crippen molar-refractivity contribution in [3.63, 3.8) is 0 Å². The molecular weight excluding hydrogens is 346 g/mol. The number of carbonyl (C=O) groups is 1. The van der Waals surface area contributed by atoms with Crippen LogP contribution in [-0.4, -0.2) is 35.2 Å². The lowest BCUT2D eigenvalue weighted by Crippen LogP contribution is -2.22. The zero-order valence-corrected chi connectivity index (χ0v) is 15.4. The highest BCUT2D eigenvalue weighted by Crippen LogP contribution is 2.32. The van der Waals surface area contributed by atoms with Crippen LogP contribution in [0.5, 0.6) is 5.75 Å². The molecule has 0 aromatic heterocycles. The van der Waals surface area contributed by atoms with Crippen molar-refractivity contribution in [2.24, 2.45) is 5.73 Å². The average Bonchev–Trinajstić information content (AvgIpc) is 2.64. The highest BCUT2D eigenvalue weighted by Gasteiger charge is 2.24. The third-order valence-corrected chi connectivity index (χ3v) is 4.11. The van der Waals surface area contributed by atoms with Crippen molar-refractivity contribution in [2.75, 3.05) is 18.5 Å². The van der Waals surface area contributed by atoms with E-state index in [9.17, 15) is 9.90 Å². The van der Waals surface area contributed by atoms with Crippen LogP contribution < -0.4 is 15.8 Å². The molecule has 0 aliphatic heterocycles. The van der Waals surface area contributed by atoms with Crippen molar-refractivity contribution in [3.8, 4) is 5.75 Å². The number of hydrogen-bond acceptors (Lipinski definition) is 5. The SMILES string of the molecule is CC(C)c1ccc(OCCO)c(C(Nc2ccc(C(=N)N)cc2)C(=O)O)c1. The standard InChI is InChI=1S/C20H25N3O4/c1-12(2)14-5-8-17(27-10-9-24)16(11-14)18(20(25)26)23-15-6-3-13(4-7-15)19(21)22/h3-8,11-12,18,23-24H,9-10H2,1-2H3,(H3,21,22)(H,25,26). The third-order valence-electron chi connectivity index (χ3n) is 4.11. The fourth-order valence-electron chi connectivity index (χ4n) is 2.62. The Morgan fingerprint density at radius 3 is 2.41 bits per heavy atom. The average molecular weight is 371 g/mol. The summed E-state index contributed by atoms with van der Waals surface area (Å²) in [6.45, 7) is 3.96. The van der Waals surface area contributed by atoms with E-state index in [1.165, 1.54) is 0 Å². The quantitative estimate of drug-likeness (QED) is 0.340. The number of hydrogen-bond donors (Lipinski definition) is 5. The number of rotatable bonds is 9. The van der Waals surface area contributed by atoms with Gasteiger partial charge >= 0.3 is 5.97 Å². The van der Waals surface area contributed by atoms with E-state index in [0.29, 0.717) is 22.6 Å². The van der Waals surface area contributed by atoms with Gasteiger partial charge in [0.1, 0.15) is 18.2 Å². The van der Waals surface area contributed by atoms with Gasteiger partial charge < -0.3 is 26.0 Å². The summed E-state index contributed by atoms with van der Waals surface area (Å²) >= 11 is 0. The minimum absolute atomic E-state index is 0.0549. The summed E-state index contributed by atoms with van der Waals surface area (Å²) in [4.78, 5) is 12.0. The summed E-state index contributed by atoms with van der Waals surface area (Å²) in [6, 6.07) is 11.0. The molecule has 7 nitrogen and oxygen atoms in total. The van der Waals surface area contributed by atoms with Crippen LogP contribution in [0.25, 0.3) is 0 Å². The number of anilines is 1. The molecule has 2 aromatic rings. The van der Waals surface area contributed by atoms with Crippen molar-refractivity contribution < 1.29 is 19.7 Å². The van der Waals surface area contributed by atoms with Crippen LogP contribution in [0, 0.1) is 5.41 Å². The number of nitrogens with one attached hydrogen (secondary N) is 2. The topological polar surface area (TPSA) is 129 Å². The summed E-state index contributed by atoms with van der Waals surface area (Å²) < 4.78 is 5.54. The van der Waals surface area contributed by atoms with Gasteiger partial charge in [-0.05, 0) is 47.9 Å². The van der Waals surface area contributed by atoms with Crippen molar-refractivity contribution in [1.82, 2.24) is 0 Å². The second-order valence-corrected chi connectivity index (χ2v) is 6.43. The largest absolute Gasteiger partial charge is 0.491 e. The summed E-state index contributed by atoms with van der Waals surface area (Å²) in [5.41, 5.74) is 8.05. The molecule has 0 spiro atoms. The molecule has 7 heteroatoms. The molecule has 2 rings (SSSR count). The van der Waals surface area contributed by atoms with Crippen molar-refractivity contribution >= 4 is 17.5 Å². The summed E-state index contributed by atoms with van der Waals surface area (Å²) in [5, 5.41) is 29.2. The van der Waals surface area contributed by atoms with E-state index in [0.717, 1.165) is 5.56 Å². The fourth-order valence-corrected chi connectivity index (χ4v) is 2.62. The van der Waals surface area contributed by atoms with Gasteiger partial charge in [0.2, 0.25) is 0 Å². The van der Waals surface area contributed by atoms with Gasteiger partial charge in [0.05, 0.1) is 6.61 Å². The Morgan fingerprint density at radius 1 is 1.22 bits per heavy atom. The predicted octanol–water partition coefficient (Wildman–Crippen LogP) is 2.70. The molecule has 27 heavy (non-hydrogen) atoms. The molecule has 144 valence electrons. The highest BCUT2D eigenvalue weighted by molar-refractivity contribution is 5.95. The van der Waals surface area contributed by atoms with Crippen molar-refractivity contribution in [3.05, 3.63) is 59.2 Å². The first-order chi connectivity index (χ1) is 12.8. The van der Waals surface area contributed by atoms with E-state index in [4.69, 9.17) is 21.0 Å². The maximum Gasteiger partial charge on any atom is 0.330 e. The Balaban J connectivity index is 2.40. The lowest BCUT2D eigenvalue weighted by Gasteiger charge is -2.21. The van der Waals surface area contributed by atoms with Crippen LogP contribution >= 0.6 is 0 Å². The van der Waals surface area contributed by atoms with Crippen LogP contribution in [0.4, 0.5) is 5.69 Å². The van der Waals surface area contributed by atoms with E-state index in [2.05, 4.69) is 5.32 Å². The Labute approximate surface area is 158 Å². The fraction of sp³-hybridized carbons (Fsp3) is 0.300. The van der Waals surface area contributed by atoms with Gasteiger partial charge in [-0.1, -0.05) is 19.9 Å². The number of carboxylic acids is 1. The van der Waals surface area contributed by atoms with Crippen LogP contribution in [0.1, 0.15) is 42.5 Å². The molecule has 0 amide bonds. The minimum Gasteiger partial charge on any atom is -0.491 e. The summed E-state index contributed by atoms with van der Waals surface area (Å²) in [6.07, 6.45) is 0. The number of ether oxygens (including phenoxy) is 1. The number of benzene rings is 2. The lowest BCUT2D eigenvalue weighted by molar-refractivity contribution is -0.138. The number of aliphatic hydroxyl groups excluding tert-OH is 1. The first-order valence-electron chi connectivity index (χ1n) is 8.64. The van der Waals surface area contributed by atoms with Crippen LogP contribution in [0.15, 0.2) is 42.5 Å². The number of amidine groups is 1. The zero-order chi connectivity index (χ0) is 20.0. The van der Waals surface area contributed by atoms with Gasteiger partial charge in [-0.2, -0.15) is 0 Å². The van der Waals surface area contributed by atoms with E-state index in [-0.39, 0.29) is 25.0 Å². The van der Waals surface area contributed by atoms with E-state index in [1.54, 1.807) is 30.3 Å². The molecule has 1 atom stereocenters. The number of nitrogens with two attached hydrogens (primary N) is 1. The first-order valence-corrected chi connectivity index (χ1v) is 8.64. The molecule has 1 unspecified atom stereocenters. The van der Waals surface area contributed by atoms with Gasteiger partial charge in [0.25, 0.3) is 0 Å². The van der Waals surface area contributed by atoms with E-state index in [1.807, 2.05) is 26.0 Å². The van der Waals surface area contributed by atoms with Gasteiger partial charge in [-0.15, -0.1) is 0 Å². The lowest BCUT2D eigenvalue weighted by atomic mass is 9.96. The normalized spacial score (nSPS) is 11.9. The Bertz CT molecular complexity index is 803. The Morgan fingerprint density at radius 2 is 1.89 bits per heavy atom. The van der Waals surface area contributed by atoms with E-state index >= 15 is 0 Å². The highest BCUT2D eigenvalue weighted by atomic mass is 16.5. The molecule has 0 bridgehead atoms. The zero-order valence-electron chi connectivity index (χ0n) is 15.4. The third kappa shape index (κ3) is 5.21.